The number of halogens is 1. The van der Waals surface area contributed by atoms with E-state index in [9.17, 15) is 9.18 Å². The monoisotopic (exact) mass is 282 g/mol. The number of hydrogen-bond donors (Lipinski definition) is 1. The fourth-order valence-corrected chi connectivity index (χ4v) is 1.75. The number of likely N-dealkylation sites (N-methyl/N-ethyl adjacent to an activating group) is 1. The summed E-state index contributed by atoms with van der Waals surface area (Å²) in [5, 5.41) is 0. The maximum Gasteiger partial charge on any atom is 0.260 e. The average molecular weight is 282 g/mol. The van der Waals surface area contributed by atoms with Crippen LogP contribution in [0.4, 0.5) is 4.39 Å². The Hall–Kier alpha value is -1.62. The summed E-state index contributed by atoms with van der Waals surface area (Å²) in [4.78, 5) is 13.4. The van der Waals surface area contributed by atoms with Crippen LogP contribution in [0.15, 0.2) is 18.2 Å². The molecule has 112 valence electrons. The standard InChI is InChI=1S/C15H23FN2O2/c1-10(2)18(4)14(19)9-20-15-12(8-11(3)17)6-5-7-13(15)16/h5-7,10-11H,8-9,17H2,1-4H3. The fraction of sp³-hybridized carbons (Fsp3) is 0.533. The summed E-state index contributed by atoms with van der Waals surface area (Å²) >= 11 is 0. The first-order valence-electron chi connectivity index (χ1n) is 6.74. The van der Waals surface area contributed by atoms with E-state index in [-0.39, 0.29) is 30.3 Å². The first-order valence-corrected chi connectivity index (χ1v) is 6.74. The maximum absolute atomic E-state index is 13.8. The van der Waals surface area contributed by atoms with Crippen molar-refractivity contribution in [3.05, 3.63) is 29.6 Å². The first-order chi connectivity index (χ1) is 9.32. The van der Waals surface area contributed by atoms with Crippen LogP contribution in [0.25, 0.3) is 0 Å². The summed E-state index contributed by atoms with van der Waals surface area (Å²) in [6.07, 6.45) is 0.501. The summed E-state index contributed by atoms with van der Waals surface area (Å²) in [5.41, 5.74) is 6.41. The Morgan fingerprint density at radius 3 is 2.60 bits per heavy atom. The van der Waals surface area contributed by atoms with Crippen LogP contribution >= 0.6 is 0 Å². The van der Waals surface area contributed by atoms with Gasteiger partial charge in [-0.2, -0.15) is 0 Å². The van der Waals surface area contributed by atoms with Gasteiger partial charge in [0.25, 0.3) is 5.91 Å². The molecule has 0 aliphatic rings. The maximum atomic E-state index is 13.8. The summed E-state index contributed by atoms with van der Waals surface area (Å²) < 4.78 is 19.2. The number of rotatable bonds is 6. The molecule has 0 bridgehead atoms. The van der Waals surface area contributed by atoms with Crippen LogP contribution in [0.2, 0.25) is 0 Å². The number of ether oxygens (including phenoxy) is 1. The number of benzene rings is 1. The van der Waals surface area contributed by atoms with Crippen molar-refractivity contribution in [2.45, 2.75) is 39.3 Å². The molecule has 5 heteroatoms. The Morgan fingerprint density at radius 1 is 1.40 bits per heavy atom. The molecule has 1 aromatic rings. The Labute approximate surface area is 119 Å². The molecule has 0 saturated carbocycles. The molecule has 0 radical (unpaired) electrons. The molecule has 0 aromatic heterocycles. The van der Waals surface area contributed by atoms with Crippen LogP contribution in [-0.4, -0.2) is 36.5 Å². The van der Waals surface area contributed by atoms with Crippen molar-refractivity contribution >= 4 is 5.91 Å². The highest BCUT2D eigenvalue weighted by atomic mass is 19.1. The Balaban J connectivity index is 2.79. The molecule has 0 aliphatic heterocycles. The van der Waals surface area contributed by atoms with Crippen LogP contribution in [0, 0.1) is 5.82 Å². The predicted molar refractivity (Wildman–Crippen MR) is 77.2 cm³/mol. The molecule has 0 heterocycles. The highest BCUT2D eigenvalue weighted by molar-refractivity contribution is 5.77. The van der Waals surface area contributed by atoms with E-state index in [4.69, 9.17) is 10.5 Å². The number of para-hydroxylation sites is 1. The van der Waals surface area contributed by atoms with E-state index in [1.54, 1.807) is 24.1 Å². The molecule has 1 rings (SSSR count). The molecular weight excluding hydrogens is 259 g/mol. The number of nitrogens with zero attached hydrogens (tertiary/aromatic N) is 1. The van der Waals surface area contributed by atoms with Crippen molar-refractivity contribution < 1.29 is 13.9 Å². The van der Waals surface area contributed by atoms with Crippen LogP contribution in [-0.2, 0) is 11.2 Å². The molecule has 1 atom stereocenters. The zero-order valence-corrected chi connectivity index (χ0v) is 12.5. The van der Waals surface area contributed by atoms with Crippen LogP contribution < -0.4 is 10.5 Å². The number of nitrogens with two attached hydrogens (primary N) is 1. The lowest BCUT2D eigenvalue weighted by Gasteiger charge is -2.22. The van der Waals surface area contributed by atoms with Gasteiger partial charge < -0.3 is 15.4 Å². The minimum Gasteiger partial charge on any atom is -0.480 e. The first kappa shape index (κ1) is 16.4. The second kappa shape index (κ2) is 7.24. The zero-order chi connectivity index (χ0) is 15.3. The van der Waals surface area contributed by atoms with Crippen LogP contribution in [0.3, 0.4) is 0 Å². The molecule has 0 saturated heterocycles. The third-order valence-electron chi connectivity index (χ3n) is 3.10. The van der Waals surface area contributed by atoms with E-state index in [2.05, 4.69) is 0 Å². The summed E-state index contributed by atoms with van der Waals surface area (Å²) in [6.45, 7) is 5.47. The lowest BCUT2D eigenvalue weighted by Crippen LogP contribution is -2.36. The van der Waals surface area contributed by atoms with Crippen molar-refractivity contribution in [1.29, 1.82) is 0 Å². The van der Waals surface area contributed by atoms with E-state index in [0.29, 0.717) is 12.0 Å². The van der Waals surface area contributed by atoms with E-state index in [1.165, 1.54) is 6.07 Å². The van der Waals surface area contributed by atoms with Crippen molar-refractivity contribution in [2.24, 2.45) is 5.73 Å². The third kappa shape index (κ3) is 4.49. The highest BCUT2D eigenvalue weighted by Crippen LogP contribution is 2.23. The molecular formula is C15H23FN2O2. The van der Waals surface area contributed by atoms with Gasteiger partial charge in [-0.15, -0.1) is 0 Å². The largest absolute Gasteiger partial charge is 0.480 e. The van der Waals surface area contributed by atoms with Gasteiger partial charge in [0, 0.05) is 19.1 Å². The van der Waals surface area contributed by atoms with E-state index in [0.717, 1.165) is 0 Å². The van der Waals surface area contributed by atoms with Gasteiger partial charge in [-0.1, -0.05) is 12.1 Å². The number of carbonyl (C=O) groups is 1. The topological polar surface area (TPSA) is 55.6 Å². The summed E-state index contributed by atoms with van der Waals surface area (Å²) in [5.74, 6) is -0.534. The molecule has 20 heavy (non-hydrogen) atoms. The van der Waals surface area contributed by atoms with Crippen molar-refractivity contribution in [3.63, 3.8) is 0 Å². The van der Waals surface area contributed by atoms with Crippen LogP contribution in [0.5, 0.6) is 5.75 Å². The zero-order valence-electron chi connectivity index (χ0n) is 12.5. The summed E-state index contributed by atoms with van der Waals surface area (Å²) in [7, 11) is 1.70. The SMILES string of the molecule is CC(N)Cc1cccc(F)c1OCC(=O)N(C)C(C)C. The molecule has 1 amide bonds. The van der Waals surface area contributed by atoms with Crippen molar-refractivity contribution in [2.75, 3.05) is 13.7 Å². The van der Waals surface area contributed by atoms with Gasteiger partial charge in [0.05, 0.1) is 0 Å². The Kier molecular flexibility index (Phi) is 5.95. The van der Waals surface area contributed by atoms with Gasteiger partial charge in [0.1, 0.15) is 0 Å². The third-order valence-corrected chi connectivity index (χ3v) is 3.10. The van der Waals surface area contributed by atoms with E-state index >= 15 is 0 Å². The fourth-order valence-electron chi connectivity index (χ4n) is 1.75. The van der Waals surface area contributed by atoms with Crippen molar-refractivity contribution in [1.82, 2.24) is 4.90 Å². The van der Waals surface area contributed by atoms with Crippen molar-refractivity contribution in [3.8, 4) is 5.75 Å². The highest BCUT2D eigenvalue weighted by Gasteiger charge is 2.16. The molecule has 4 nitrogen and oxygen atoms in total. The van der Waals surface area contributed by atoms with E-state index < -0.39 is 5.82 Å². The quantitative estimate of drug-likeness (QED) is 0.867. The van der Waals surface area contributed by atoms with E-state index in [1.807, 2.05) is 20.8 Å². The predicted octanol–water partition coefficient (Wildman–Crippen LogP) is 1.96. The Bertz CT molecular complexity index is 461. The summed E-state index contributed by atoms with van der Waals surface area (Å²) in [6, 6.07) is 4.67. The van der Waals surface area contributed by atoms with Crippen LogP contribution in [0.1, 0.15) is 26.3 Å². The van der Waals surface area contributed by atoms with Gasteiger partial charge >= 0.3 is 0 Å². The Morgan fingerprint density at radius 2 is 2.05 bits per heavy atom. The minimum absolute atomic E-state index is 0.0789. The lowest BCUT2D eigenvalue weighted by atomic mass is 10.1. The lowest BCUT2D eigenvalue weighted by molar-refractivity contribution is -0.133. The van der Waals surface area contributed by atoms with Gasteiger partial charge in [0.2, 0.25) is 0 Å². The second-order valence-corrected chi connectivity index (χ2v) is 5.30. The van der Waals surface area contributed by atoms with Gasteiger partial charge in [-0.25, -0.2) is 4.39 Å². The number of carbonyl (C=O) groups excluding carboxylic acids is 1. The molecule has 0 aliphatic carbocycles. The normalized spacial score (nSPS) is 12.3. The molecule has 0 fully saturated rings. The second-order valence-electron chi connectivity index (χ2n) is 5.30. The smallest absolute Gasteiger partial charge is 0.260 e. The minimum atomic E-state index is -0.469. The van der Waals surface area contributed by atoms with Gasteiger partial charge in [0.15, 0.2) is 18.2 Å². The molecule has 0 spiro atoms. The number of hydrogen-bond acceptors (Lipinski definition) is 3. The van der Waals surface area contributed by atoms with Gasteiger partial charge in [-0.3, -0.25) is 4.79 Å². The molecule has 1 aromatic carbocycles. The molecule has 1 unspecified atom stereocenters. The van der Waals surface area contributed by atoms with Gasteiger partial charge in [-0.05, 0) is 38.8 Å². The average Bonchev–Trinajstić information content (AvgIpc) is 2.36. The molecule has 2 N–H and O–H groups in total. The number of amides is 1.